The highest BCUT2D eigenvalue weighted by atomic mass is 16.5. The fraction of sp³-hybridized carbons (Fsp3) is 0.304. The normalized spacial score (nSPS) is 20.0. The lowest BCUT2D eigenvalue weighted by Crippen LogP contribution is -2.50. The van der Waals surface area contributed by atoms with Gasteiger partial charge >= 0.3 is 6.03 Å². The molecule has 1 unspecified atom stereocenters. The molecule has 2 aromatic heterocycles. The molecule has 3 aromatic rings. The summed E-state index contributed by atoms with van der Waals surface area (Å²) in [6.45, 7) is 3.11. The number of aromatic nitrogens is 2. The van der Waals surface area contributed by atoms with Gasteiger partial charge in [-0.3, -0.25) is 0 Å². The topological polar surface area (TPSA) is 61.5 Å². The molecule has 29 heavy (non-hydrogen) atoms. The minimum absolute atomic E-state index is 0.0254. The maximum Gasteiger partial charge on any atom is 0.320 e. The van der Waals surface area contributed by atoms with Crippen molar-refractivity contribution in [3.63, 3.8) is 0 Å². The SMILES string of the molecule is O=C(N1CC=C(c2c[nH]c3ncccc23)CC1)N1CCOCC1c1ccccc1. The van der Waals surface area contributed by atoms with E-state index in [1.165, 1.54) is 11.1 Å². The maximum atomic E-state index is 13.3. The van der Waals surface area contributed by atoms with E-state index < -0.39 is 0 Å². The number of benzene rings is 1. The zero-order valence-corrected chi connectivity index (χ0v) is 16.3. The molecule has 0 saturated carbocycles. The Kier molecular flexibility index (Phi) is 4.77. The van der Waals surface area contributed by atoms with E-state index in [1.807, 2.05) is 40.3 Å². The number of amides is 2. The minimum atomic E-state index is -0.0254. The average Bonchev–Trinajstić information content (AvgIpc) is 3.23. The molecule has 6 nitrogen and oxygen atoms in total. The number of rotatable bonds is 2. The molecule has 1 atom stereocenters. The van der Waals surface area contributed by atoms with Gasteiger partial charge in [0.25, 0.3) is 0 Å². The molecule has 6 heteroatoms. The lowest BCUT2D eigenvalue weighted by atomic mass is 9.99. The monoisotopic (exact) mass is 388 g/mol. The number of carbonyl (C=O) groups is 1. The standard InChI is InChI=1S/C23H24N4O2/c28-23(27-13-14-29-16-21(27)18-5-2-1-3-6-18)26-11-8-17(9-12-26)20-15-25-22-19(20)7-4-10-24-22/h1-8,10,15,21H,9,11-14,16H2,(H,24,25). The highest BCUT2D eigenvalue weighted by molar-refractivity contribution is 5.91. The van der Waals surface area contributed by atoms with Crippen LogP contribution in [-0.2, 0) is 4.74 Å². The molecule has 148 valence electrons. The van der Waals surface area contributed by atoms with Crippen LogP contribution in [0.1, 0.15) is 23.6 Å². The Bertz CT molecular complexity index is 1040. The zero-order valence-electron chi connectivity index (χ0n) is 16.3. The van der Waals surface area contributed by atoms with Crippen LogP contribution in [0.25, 0.3) is 16.6 Å². The summed E-state index contributed by atoms with van der Waals surface area (Å²) in [6.07, 6.45) is 6.83. The molecule has 0 spiro atoms. The van der Waals surface area contributed by atoms with Gasteiger partial charge in [0.05, 0.1) is 19.3 Å². The Morgan fingerprint density at radius 1 is 1.14 bits per heavy atom. The van der Waals surface area contributed by atoms with E-state index in [9.17, 15) is 4.79 Å². The number of hydrogen-bond acceptors (Lipinski definition) is 3. The molecule has 1 fully saturated rings. The van der Waals surface area contributed by atoms with Crippen molar-refractivity contribution in [3.05, 3.63) is 72.1 Å². The molecule has 1 N–H and O–H groups in total. The van der Waals surface area contributed by atoms with Gasteiger partial charge in [-0.15, -0.1) is 0 Å². The zero-order chi connectivity index (χ0) is 19.6. The van der Waals surface area contributed by atoms with Crippen LogP contribution in [0, 0.1) is 0 Å². The molecule has 2 amide bonds. The number of urea groups is 1. The van der Waals surface area contributed by atoms with E-state index in [4.69, 9.17) is 4.74 Å². The summed E-state index contributed by atoms with van der Waals surface area (Å²) in [7, 11) is 0. The van der Waals surface area contributed by atoms with Crippen molar-refractivity contribution in [2.75, 3.05) is 32.8 Å². The smallest absolute Gasteiger partial charge is 0.320 e. The number of nitrogens with zero attached hydrogens (tertiary/aromatic N) is 3. The summed E-state index contributed by atoms with van der Waals surface area (Å²) in [6, 6.07) is 14.3. The first-order valence-corrected chi connectivity index (χ1v) is 10.1. The molecule has 1 saturated heterocycles. The average molecular weight is 388 g/mol. The van der Waals surface area contributed by atoms with Gasteiger partial charge in [0.1, 0.15) is 5.65 Å². The van der Waals surface area contributed by atoms with Crippen LogP contribution in [0.2, 0.25) is 0 Å². The molecule has 4 heterocycles. The summed E-state index contributed by atoms with van der Waals surface area (Å²) in [5, 5.41) is 1.14. The summed E-state index contributed by atoms with van der Waals surface area (Å²) in [5.41, 5.74) is 4.49. The second-order valence-corrected chi connectivity index (χ2v) is 7.50. The molecular formula is C23H24N4O2. The molecule has 2 aliphatic heterocycles. The van der Waals surface area contributed by atoms with Gasteiger partial charge < -0.3 is 19.5 Å². The van der Waals surface area contributed by atoms with Crippen molar-refractivity contribution < 1.29 is 9.53 Å². The van der Waals surface area contributed by atoms with Crippen molar-refractivity contribution >= 4 is 22.6 Å². The number of morpholine rings is 1. The van der Waals surface area contributed by atoms with Crippen LogP contribution in [-0.4, -0.2) is 58.6 Å². The van der Waals surface area contributed by atoms with E-state index >= 15 is 0 Å². The van der Waals surface area contributed by atoms with E-state index in [0.29, 0.717) is 26.3 Å². The first-order chi connectivity index (χ1) is 14.3. The second-order valence-electron chi connectivity index (χ2n) is 7.50. The molecule has 2 aliphatic rings. The lowest BCUT2D eigenvalue weighted by Gasteiger charge is -2.39. The number of H-pyrrole nitrogens is 1. The maximum absolute atomic E-state index is 13.3. The number of hydrogen-bond donors (Lipinski definition) is 1. The van der Waals surface area contributed by atoms with Crippen molar-refractivity contribution in [3.8, 4) is 0 Å². The van der Waals surface area contributed by atoms with Gasteiger partial charge in [0.15, 0.2) is 0 Å². The Morgan fingerprint density at radius 3 is 2.86 bits per heavy atom. The quantitative estimate of drug-likeness (QED) is 0.725. The summed E-state index contributed by atoms with van der Waals surface area (Å²) >= 11 is 0. The Labute approximate surface area is 169 Å². The summed E-state index contributed by atoms with van der Waals surface area (Å²) < 4.78 is 5.68. The van der Waals surface area contributed by atoms with Crippen LogP contribution in [0.4, 0.5) is 4.79 Å². The molecular weight excluding hydrogens is 364 g/mol. The number of carbonyl (C=O) groups excluding carboxylic acids is 1. The van der Waals surface area contributed by atoms with Crippen molar-refractivity contribution in [1.82, 2.24) is 19.8 Å². The molecule has 1 aromatic carbocycles. The van der Waals surface area contributed by atoms with Gasteiger partial charge in [-0.25, -0.2) is 9.78 Å². The van der Waals surface area contributed by atoms with Crippen molar-refractivity contribution in [2.45, 2.75) is 12.5 Å². The highest BCUT2D eigenvalue weighted by Crippen LogP contribution is 2.30. The first-order valence-electron chi connectivity index (χ1n) is 10.1. The van der Waals surface area contributed by atoms with E-state index in [1.54, 1.807) is 6.20 Å². The number of fused-ring (bicyclic) bond motifs is 1. The number of ether oxygens (including phenoxy) is 1. The van der Waals surface area contributed by atoms with Gasteiger partial charge in [-0.1, -0.05) is 36.4 Å². The van der Waals surface area contributed by atoms with Crippen LogP contribution in [0.3, 0.4) is 0 Å². The van der Waals surface area contributed by atoms with Gasteiger partial charge in [0, 0.05) is 43.0 Å². The van der Waals surface area contributed by atoms with Crippen molar-refractivity contribution in [1.29, 1.82) is 0 Å². The van der Waals surface area contributed by atoms with E-state index in [-0.39, 0.29) is 12.1 Å². The molecule has 0 radical (unpaired) electrons. The molecule has 0 aliphatic carbocycles. The van der Waals surface area contributed by atoms with Crippen LogP contribution < -0.4 is 0 Å². The third kappa shape index (κ3) is 3.40. The second kappa shape index (κ2) is 7.72. The third-order valence-corrected chi connectivity index (χ3v) is 5.84. The van der Waals surface area contributed by atoms with Crippen LogP contribution >= 0.6 is 0 Å². The molecule has 0 bridgehead atoms. The van der Waals surface area contributed by atoms with Crippen molar-refractivity contribution in [2.24, 2.45) is 0 Å². The fourth-order valence-electron chi connectivity index (χ4n) is 4.27. The van der Waals surface area contributed by atoms with Gasteiger partial charge in [0.2, 0.25) is 0 Å². The van der Waals surface area contributed by atoms with E-state index in [2.05, 4.69) is 34.2 Å². The largest absolute Gasteiger partial charge is 0.377 e. The van der Waals surface area contributed by atoms with Crippen LogP contribution in [0.15, 0.2) is 60.9 Å². The Morgan fingerprint density at radius 2 is 2.03 bits per heavy atom. The predicted molar refractivity (Wildman–Crippen MR) is 112 cm³/mol. The summed E-state index contributed by atoms with van der Waals surface area (Å²) in [4.78, 5) is 24.8. The van der Waals surface area contributed by atoms with Gasteiger partial charge in [-0.05, 0) is 29.7 Å². The fourth-order valence-corrected chi connectivity index (χ4v) is 4.27. The first kappa shape index (κ1) is 17.9. The minimum Gasteiger partial charge on any atom is -0.377 e. The van der Waals surface area contributed by atoms with Gasteiger partial charge in [-0.2, -0.15) is 0 Å². The molecule has 5 rings (SSSR count). The van der Waals surface area contributed by atoms with E-state index in [0.717, 1.165) is 29.6 Å². The van der Waals surface area contributed by atoms with Crippen LogP contribution in [0.5, 0.6) is 0 Å². The third-order valence-electron chi connectivity index (χ3n) is 5.84. The summed E-state index contributed by atoms with van der Waals surface area (Å²) in [5.74, 6) is 0. The highest BCUT2D eigenvalue weighted by Gasteiger charge is 2.32. The lowest BCUT2D eigenvalue weighted by molar-refractivity contribution is 0.00374. The predicted octanol–water partition coefficient (Wildman–Crippen LogP) is 3.85. The number of pyridine rings is 1. The number of aromatic amines is 1. The number of nitrogens with one attached hydrogen (secondary N) is 1. The Hall–Kier alpha value is -3.12. The Balaban J connectivity index is 1.34.